The van der Waals surface area contributed by atoms with Crippen molar-refractivity contribution in [1.82, 2.24) is 4.90 Å². The summed E-state index contributed by atoms with van der Waals surface area (Å²) in [5.41, 5.74) is 1.94. The fourth-order valence-corrected chi connectivity index (χ4v) is 4.00. The minimum Gasteiger partial charge on any atom is -1.00 e. The summed E-state index contributed by atoms with van der Waals surface area (Å²) in [5, 5.41) is 5.73. The Morgan fingerprint density at radius 2 is 1.97 bits per heavy atom. The molecule has 0 bridgehead atoms. The van der Waals surface area contributed by atoms with Crippen molar-refractivity contribution in [1.29, 1.82) is 0 Å². The number of carbonyl (C=O) groups is 1. The van der Waals surface area contributed by atoms with Crippen molar-refractivity contribution < 1.29 is 53.4 Å². The maximum atomic E-state index is 12.7. The van der Waals surface area contributed by atoms with Gasteiger partial charge in [0.15, 0.2) is 0 Å². The smallest absolute Gasteiger partial charge is 1.00 e. The van der Waals surface area contributed by atoms with Crippen molar-refractivity contribution in [2.24, 2.45) is 5.14 Å². The minimum absolute atomic E-state index is 0. The molecule has 1 aromatic heterocycles. The van der Waals surface area contributed by atoms with Crippen LogP contribution in [-0.2, 0) is 16.6 Å². The Bertz CT molecular complexity index is 1350. The van der Waals surface area contributed by atoms with Crippen molar-refractivity contribution in [3.8, 4) is 5.75 Å². The van der Waals surface area contributed by atoms with Crippen molar-refractivity contribution >= 4 is 55.6 Å². The van der Waals surface area contributed by atoms with Crippen LogP contribution in [0.5, 0.6) is 5.75 Å². The van der Waals surface area contributed by atoms with Crippen LogP contribution in [0.3, 0.4) is 0 Å². The summed E-state index contributed by atoms with van der Waals surface area (Å²) >= 11 is 2.05. The van der Waals surface area contributed by atoms with E-state index in [2.05, 4.69) is 27.3 Å². The molecule has 1 heterocycles. The first-order valence-electron chi connectivity index (χ1n) is 8.99. The molecule has 0 atom stereocenters. The largest absolute Gasteiger partial charge is 1.00 e. The number of nitrogens with zero attached hydrogens (tertiary/aromatic N) is 1. The summed E-state index contributed by atoms with van der Waals surface area (Å²) in [5.74, 6) is 0.295. The van der Waals surface area contributed by atoms with E-state index in [-0.39, 0.29) is 37.4 Å². The molecule has 2 aromatic carbocycles. The predicted octanol–water partition coefficient (Wildman–Crippen LogP) is 0.0891. The van der Waals surface area contributed by atoms with Crippen LogP contribution < -0.4 is 49.8 Å². The van der Waals surface area contributed by atoms with Crippen LogP contribution in [0.15, 0.2) is 45.6 Å². The molecule has 12 heteroatoms. The van der Waals surface area contributed by atoms with Gasteiger partial charge in [0.2, 0.25) is 0 Å². The Morgan fingerprint density at radius 1 is 1.28 bits per heavy atom. The molecule has 0 spiro atoms. The maximum absolute atomic E-state index is 12.7. The topological polar surface area (TPSA) is 132 Å². The van der Waals surface area contributed by atoms with Gasteiger partial charge < -0.3 is 15.5 Å². The van der Waals surface area contributed by atoms with Crippen molar-refractivity contribution in [3.63, 3.8) is 0 Å². The maximum Gasteiger partial charge on any atom is 1.00 e. The van der Waals surface area contributed by atoms with Gasteiger partial charge in [-0.15, -0.1) is 0 Å². The van der Waals surface area contributed by atoms with Crippen LogP contribution in [0.25, 0.3) is 11.0 Å². The third kappa shape index (κ3) is 6.45. The molecule has 9 nitrogen and oxygen atoms in total. The molecule has 0 radical (unpaired) electrons. The van der Waals surface area contributed by atoms with Gasteiger partial charge in [0.05, 0.1) is 9.26 Å². The number of halogens is 1. The van der Waals surface area contributed by atoms with Gasteiger partial charge in [0.25, 0.3) is 10.2 Å². The second-order valence-corrected chi connectivity index (χ2v) is 9.51. The number of nitrogens with two attached hydrogens (primary N) is 1. The average molecular weight is 581 g/mol. The van der Waals surface area contributed by atoms with Gasteiger partial charge in [0.1, 0.15) is 11.3 Å². The van der Waals surface area contributed by atoms with E-state index in [1.54, 1.807) is 44.4 Å². The zero-order chi connectivity index (χ0) is 22.9. The van der Waals surface area contributed by atoms with Gasteiger partial charge in [-0.2, -0.15) is 8.42 Å². The summed E-state index contributed by atoms with van der Waals surface area (Å²) < 4.78 is 36.2. The molecule has 0 aliphatic heterocycles. The van der Waals surface area contributed by atoms with E-state index < -0.39 is 21.9 Å². The number of carbonyl (C=O) groups excluding carboxylic acids is 1. The van der Waals surface area contributed by atoms with E-state index in [9.17, 15) is 18.0 Å². The van der Waals surface area contributed by atoms with Crippen molar-refractivity contribution in [2.75, 3.05) is 18.8 Å². The molecule has 0 unspecified atom stereocenters. The molecule has 0 saturated heterocycles. The molecule has 0 aliphatic carbocycles. The van der Waals surface area contributed by atoms with E-state index in [4.69, 9.17) is 14.3 Å². The van der Waals surface area contributed by atoms with Crippen LogP contribution in [0.2, 0.25) is 0 Å². The van der Waals surface area contributed by atoms with Gasteiger partial charge in [-0.05, 0) is 58.8 Å². The van der Waals surface area contributed by atoms with E-state index in [1.165, 1.54) is 11.0 Å². The third-order valence-corrected chi connectivity index (χ3v) is 5.83. The standard InChI is InChI=1S/C20H20IN3O6S.Na.H/c1-11-14-9-16(21)18(30-20(26)24(2)3)10-17(14)29-19(25)15(11)8-12-5-4-6-13(7-12)23-31(22,27)28;;/h4-7,9-10,23H,8H2,1-3H3,(H2,22,27,28);;/q;+1;-1. The number of hydrogen-bond donors (Lipinski definition) is 2. The number of benzene rings is 2. The molecule has 3 rings (SSSR count). The molecule has 0 fully saturated rings. The van der Waals surface area contributed by atoms with E-state index in [1.807, 2.05) is 6.92 Å². The molecule has 0 saturated carbocycles. The second-order valence-electron chi connectivity index (χ2n) is 7.06. The number of anilines is 1. The SMILES string of the molecule is Cc1c(Cc2cccc(NS(N)(=O)=O)c2)c(=O)oc2cc(OC(=O)N(C)C)c(I)cc12.[H-].[Na+]. The molecule has 166 valence electrons. The Balaban J connectivity index is 0.00000272. The Labute approximate surface area is 222 Å². The van der Waals surface area contributed by atoms with E-state index in [0.29, 0.717) is 37.1 Å². The molecule has 0 aliphatic rings. The molecule has 3 aromatic rings. The molecule has 32 heavy (non-hydrogen) atoms. The quantitative estimate of drug-likeness (QED) is 0.250. The monoisotopic (exact) mass is 581 g/mol. The summed E-state index contributed by atoms with van der Waals surface area (Å²) in [7, 11) is -0.765. The first-order valence-corrected chi connectivity index (χ1v) is 11.6. The fourth-order valence-electron chi connectivity index (χ4n) is 2.97. The zero-order valence-electron chi connectivity index (χ0n) is 18.9. The van der Waals surface area contributed by atoms with Gasteiger partial charge in [-0.3, -0.25) is 4.72 Å². The summed E-state index contributed by atoms with van der Waals surface area (Å²) in [6, 6.07) is 9.89. The summed E-state index contributed by atoms with van der Waals surface area (Å²) in [4.78, 5) is 25.8. The van der Waals surface area contributed by atoms with Gasteiger partial charge in [0, 0.05) is 37.5 Å². The Kier molecular flexibility index (Phi) is 8.76. The zero-order valence-corrected chi connectivity index (χ0v) is 22.9. The normalized spacial score (nSPS) is 11.0. The number of ether oxygens (including phenoxy) is 1. The van der Waals surface area contributed by atoms with Crippen LogP contribution in [0.1, 0.15) is 18.1 Å². The number of nitrogens with one attached hydrogen (secondary N) is 1. The Hall–Kier alpha value is -1.64. The number of amides is 1. The first-order chi connectivity index (χ1) is 14.4. The van der Waals surface area contributed by atoms with Crippen LogP contribution in [-0.4, -0.2) is 33.5 Å². The Morgan fingerprint density at radius 3 is 2.59 bits per heavy atom. The molecular weight excluding hydrogens is 560 g/mol. The number of hydrogen-bond acceptors (Lipinski definition) is 6. The number of aryl methyl sites for hydroxylation is 1. The van der Waals surface area contributed by atoms with Crippen LogP contribution in [0, 0.1) is 10.5 Å². The van der Waals surface area contributed by atoms with E-state index in [0.717, 1.165) is 5.56 Å². The van der Waals surface area contributed by atoms with Gasteiger partial charge in [-0.25, -0.2) is 14.7 Å². The fraction of sp³-hybridized carbons (Fsp3) is 0.200. The first kappa shape index (κ1) is 26.6. The van der Waals surface area contributed by atoms with Gasteiger partial charge in [-0.1, -0.05) is 12.1 Å². The van der Waals surface area contributed by atoms with Gasteiger partial charge >= 0.3 is 41.3 Å². The molecule has 3 N–H and O–H groups in total. The summed E-state index contributed by atoms with van der Waals surface area (Å²) in [6.07, 6.45) is -0.306. The van der Waals surface area contributed by atoms with Crippen molar-refractivity contribution in [3.05, 3.63) is 67.1 Å². The third-order valence-electron chi connectivity index (χ3n) is 4.47. The number of fused-ring (bicyclic) bond motifs is 1. The summed E-state index contributed by atoms with van der Waals surface area (Å²) in [6.45, 7) is 1.81. The predicted molar refractivity (Wildman–Crippen MR) is 127 cm³/mol. The minimum atomic E-state index is -3.90. The average Bonchev–Trinajstić information content (AvgIpc) is 2.65. The van der Waals surface area contributed by atoms with Crippen LogP contribution in [0.4, 0.5) is 10.5 Å². The molecular formula is C20H21IN3NaO6S. The van der Waals surface area contributed by atoms with Crippen molar-refractivity contribution in [2.45, 2.75) is 13.3 Å². The van der Waals surface area contributed by atoms with Crippen LogP contribution >= 0.6 is 22.6 Å². The van der Waals surface area contributed by atoms with E-state index >= 15 is 0 Å². The second kappa shape index (κ2) is 10.5. The number of rotatable bonds is 5. The molecule has 1 amide bonds.